The van der Waals surface area contributed by atoms with Gasteiger partial charge >= 0.3 is 5.63 Å². The molecule has 0 spiro atoms. The lowest BCUT2D eigenvalue weighted by Crippen LogP contribution is -2.17. The van der Waals surface area contributed by atoms with Crippen molar-refractivity contribution in [3.63, 3.8) is 0 Å². The highest BCUT2D eigenvalue weighted by Crippen LogP contribution is 2.22. The molecule has 3 rings (SSSR count). The number of ether oxygens (including phenoxy) is 2. The summed E-state index contributed by atoms with van der Waals surface area (Å²) in [5.41, 5.74) is 0.332. The van der Waals surface area contributed by atoms with E-state index in [2.05, 4.69) is 12.2 Å². The first-order valence-corrected chi connectivity index (χ1v) is 11.8. The lowest BCUT2D eigenvalue weighted by molar-refractivity contribution is 0.102. The third-order valence-electron chi connectivity index (χ3n) is 5.57. The van der Waals surface area contributed by atoms with E-state index in [4.69, 9.17) is 13.9 Å². The van der Waals surface area contributed by atoms with Crippen molar-refractivity contribution in [3.05, 3.63) is 64.5 Å². The van der Waals surface area contributed by atoms with Crippen LogP contribution in [0.4, 0.5) is 5.69 Å². The Morgan fingerprint density at radius 2 is 1.55 bits per heavy atom. The number of anilines is 1. The summed E-state index contributed by atoms with van der Waals surface area (Å²) in [5.74, 6) is 0.974. The molecule has 0 fully saturated rings. The number of carbonyl (C=O) groups excluding carboxylic acids is 1. The molecule has 0 unspecified atom stereocenters. The van der Waals surface area contributed by atoms with Crippen molar-refractivity contribution >= 4 is 22.6 Å². The van der Waals surface area contributed by atoms with Crippen LogP contribution >= 0.6 is 0 Å². The summed E-state index contributed by atoms with van der Waals surface area (Å²) >= 11 is 0. The monoisotopic (exact) mass is 451 g/mol. The van der Waals surface area contributed by atoms with Gasteiger partial charge in [0.1, 0.15) is 22.8 Å². The van der Waals surface area contributed by atoms with Crippen molar-refractivity contribution in [2.45, 2.75) is 58.3 Å². The molecule has 1 aromatic heterocycles. The summed E-state index contributed by atoms with van der Waals surface area (Å²) in [6, 6.07) is 13.6. The van der Waals surface area contributed by atoms with Crippen LogP contribution in [0.2, 0.25) is 0 Å². The Balaban J connectivity index is 1.48. The average molecular weight is 452 g/mol. The Labute approximate surface area is 194 Å². The summed E-state index contributed by atoms with van der Waals surface area (Å²) in [5, 5.41) is 3.29. The Hall–Kier alpha value is -3.28. The van der Waals surface area contributed by atoms with E-state index in [9.17, 15) is 9.59 Å². The molecule has 3 aromatic rings. The number of fused-ring (bicyclic) bond motifs is 1. The minimum absolute atomic E-state index is 0.0794. The largest absolute Gasteiger partial charge is 0.497 e. The van der Waals surface area contributed by atoms with E-state index in [-0.39, 0.29) is 11.6 Å². The van der Waals surface area contributed by atoms with E-state index < -0.39 is 5.63 Å². The predicted molar refractivity (Wildman–Crippen MR) is 132 cm³/mol. The molecule has 0 atom stereocenters. The normalized spacial score (nSPS) is 10.8. The Morgan fingerprint density at radius 1 is 0.879 bits per heavy atom. The van der Waals surface area contributed by atoms with Gasteiger partial charge in [0.15, 0.2) is 0 Å². The van der Waals surface area contributed by atoms with Crippen molar-refractivity contribution < 1.29 is 18.7 Å². The van der Waals surface area contributed by atoms with Crippen LogP contribution < -0.4 is 20.4 Å². The van der Waals surface area contributed by atoms with Gasteiger partial charge in [-0.25, -0.2) is 4.79 Å². The third kappa shape index (κ3) is 7.38. The fourth-order valence-electron chi connectivity index (χ4n) is 3.64. The maximum Gasteiger partial charge on any atom is 0.360 e. The second-order valence-electron chi connectivity index (χ2n) is 8.15. The molecular formula is C27H33NO5. The molecule has 6 heteroatoms. The molecule has 6 nitrogen and oxygen atoms in total. The van der Waals surface area contributed by atoms with Gasteiger partial charge in [-0.2, -0.15) is 0 Å². The predicted octanol–water partition coefficient (Wildman–Crippen LogP) is 6.57. The molecule has 176 valence electrons. The number of nitrogens with one attached hydrogen (secondary N) is 1. The van der Waals surface area contributed by atoms with Gasteiger partial charge in [0.25, 0.3) is 5.91 Å². The van der Waals surface area contributed by atoms with Gasteiger partial charge in [-0.1, -0.05) is 51.9 Å². The lowest BCUT2D eigenvalue weighted by atomic mass is 10.1. The number of hydrogen-bond acceptors (Lipinski definition) is 5. The van der Waals surface area contributed by atoms with E-state index >= 15 is 0 Å². The average Bonchev–Trinajstić information content (AvgIpc) is 2.83. The van der Waals surface area contributed by atoms with Crippen LogP contribution in [0.5, 0.6) is 11.5 Å². The van der Waals surface area contributed by atoms with Gasteiger partial charge in [0, 0.05) is 10.9 Å². The molecule has 33 heavy (non-hydrogen) atoms. The number of methoxy groups -OCH3 is 1. The van der Waals surface area contributed by atoms with Crippen molar-refractivity contribution in [2.24, 2.45) is 0 Å². The van der Waals surface area contributed by atoms with E-state index in [1.165, 1.54) is 44.9 Å². The standard InChI is InChI=1S/C27H33NO5/c1-3-4-5-6-7-8-9-10-17-32-22-13-11-20(12-14-22)26(29)28-24-19-21-18-23(31-2)15-16-25(21)33-27(24)30/h11-16,18-19H,3-10,17H2,1-2H3,(H,28,29). The second-order valence-corrected chi connectivity index (χ2v) is 8.15. The molecule has 0 saturated heterocycles. The molecule has 2 aromatic carbocycles. The van der Waals surface area contributed by atoms with Crippen LogP contribution in [-0.4, -0.2) is 19.6 Å². The molecule has 0 bridgehead atoms. The van der Waals surface area contributed by atoms with E-state index in [1.807, 2.05) is 0 Å². The summed E-state index contributed by atoms with van der Waals surface area (Å²) in [6.07, 6.45) is 10.0. The topological polar surface area (TPSA) is 77.8 Å². The smallest absolute Gasteiger partial charge is 0.360 e. The van der Waals surface area contributed by atoms with Crippen molar-refractivity contribution in [1.82, 2.24) is 0 Å². The van der Waals surface area contributed by atoms with Crippen molar-refractivity contribution in [1.29, 1.82) is 0 Å². The number of benzene rings is 2. The maximum absolute atomic E-state index is 12.6. The Kier molecular flexibility index (Phi) is 9.36. The molecule has 1 N–H and O–H groups in total. The van der Waals surface area contributed by atoms with Gasteiger partial charge in [-0.15, -0.1) is 0 Å². The highest BCUT2D eigenvalue weighted by atomic mass is 16.5. The van der Waals surface area contributed by atoms with E-state index in [0.29, 0.717) is 28.9 Å². The van der Waals surface area contributed by atoms with Crippen LogP contribution in [0, 0.1) is 0 Å². The van der Waals surface area contributed by atoms with Crippen LogP contribution in [0.1, 0.15) is 68.6 Å². The summed E-state index contributed by atoms with van der Waals surface area (Å²) in [6.45, 7) is 2.90. The zero-order valence-corrected chi connectivity index (χ0v) is 19.5. The highest BCUT2D eigenvalue weighted by molar-refractivity contribution is 6.04. The summed E-state index contributed by atoms with van der Waals surface area (Å²) in [4.78, 5) is 24.8. The Morgan fingerprint density at radius 3 is 2.24 bits per heavy atom. The van der Waals surface area contributed by atoms with Crippen LogP contribution in [-0.2, 0) is 0 Å². The van der Waals surface area contributed by atoms with Gasteiger partial charge in [0.2, 0.25) is 0 Å². The lowest BCUT2D eigenvalue weighted by Gasteiger charge is -2.08. The van der Waals surface area contributed by atoms with E-state index in [0.717, 1.165) is 12.2 Å². The molecule has 0 aliphatic heterocycles. The molecule has 0 saturated carbocycles. The zero-order valence-electron chi connectivity index (χ0n) is 19.5. The first-order chi connectivity index (χ1) is 16.1. The quantitative estimate of drug-likeness (QED) is 0.235. The molecule has 0 aliphatic carbocycles. The van der Waals surface area contributed by atoms with Crippen molar-refractivity contribution in [2.75, 3.05) is 19.0 Å². The maximum atomic E-state index is 12.6. The molecule has 0 radical (unpaired) electrons. The van der Waals surface area contributed by atoms with Crippen LogP contribution in [0.25, 0.3) is 11.0 Å². The molecule has 1 heterocycles. The minimum Gasteiger partial charge on any atom is -0.497 e. The van der Waals surface area contributed by atoms with Gasteiger partial charge in [0.05, 0.1) is 13.7 Å². The number of rotatable bonds is 13. The Bertz CT molecular complexity index is 1090. The van der Waals surface area contributed by atoms with Gasteiger partial charge < -0.3 is 19.2 Å². The first-order valence-electron chi connectivity index (χ1n) is 11.8. The van der Waals surface area contributed by atoms with Gasteiger partial charge in [-0.05, 0) is 55.0 Å². The molecular weight excluding hydrogens is 418 g/mol. The fraction of sp³-hybridized carbons (Fsp3) is 0.407. The number of amides is 1. The van der Waals surface area contributed by atoms with E-state index in [1.54, 1.807) is 55.6 Å². The third-order valence-corrected chi connectivity index (χ3v) is 5.57. The first kappa shape index (κ1) is 24.4. The zero-order chi connectivity index (χ0) is 23.5. The van der Waals surface area contributed by atoms with Crippen molar-refractivity contribution in [3.8, 4) is 11.5 Å². The molecule has 1 amide bonds. The fourth-order valence-corrected chi connectivity index (χ4v) is 3.64. The second kappa shape index (κ2) is 12.7. The van der Waals surface area contributed by atoms with Gasteiger partial charge in [-0.3, -0.25) is 4.79 Å². The van der Waals surface area contributed by atoms with Crippen LogP contribution in [0.15, 0.2) is 57.7 Å². The number of carbonyl (C=O) groups is 1. The summed E-state index contributed by atoms with van der Waals surface area (Å²) < 4.78 is 16.3. The summed E-state index contributed by atoms with van der Waals surface area (Å²) in [7, 11) is 1.56. The molecule has 0 aliphatic rings. The SMILES string of the molecule is CCCCCCCCCCOc1ccc(C(=O)Nc2cc3cc(OC)ccc3oc2=O)cc1. The number of unbranched alkanes of at least 4 members (excludes halogenated alkanes) is 7. The van der Waals surface area contributed by atoms with Crippen LogP contribution in [0.3, 0.4) is 0 Å². The number of hydrogen-bond donors (Lipinski definition) is 1. The highest BCUT2D eigenvalue weighted by Gasteiger charge is 2.12. The minimum atomic E-state index is -0.605.